The van der Waals surface area contributed by atoms with Crippen LogP contribution in [0.3, 0.4) is 0 Å². The van der Waals surface area contributed by atoms with Crippen molar-refractivity contribution in [1.82, 2.24) is 0 Å². The van der Waals surface area contributed by atoms with Gasteiger partial charge < -0.3 is 8.85 Å². The molecule has 0 saturated heterocycles. The molecule has 2 nitrogen and oxygen atoms in total. The molecule has 0 aliphatic heterocycles. The van der Waals surface area contributed by atoms with Crippen LogP contribution in [0, 0.1) is 0 Å². The van der Waals surface area contributed by atoms with E-state index in [-0.39, 0.29) is 21.9 Å². The van der Waals surface area contributed by atoms with Crippen molar-refractivity contribution in [3.05, 3.63) is 82.3 Å². The molecule has 0 spiro atoms. The second-order valence-corrected chi connectivity index (χ2v) is 22.9. The third-order valence-electron chi connectivity index (χ3n) is 8.86. The lowest BCUT2D eigenvalue weighted by molar-refractivity contribution is 0.323. The summed E-state index contributed by atoms with van der Waals surface area (Å²) < 4.78 is 14.0. The number of rotatable bonds is 6. The van der Waals surface area contributed by atoms with E-state index in [4.69, 9.17) is 8.85 Å². The smallest absolute Gasteiger partial charge is 0.250 e. The Morgan fingerprint density at radius 2 is 0.943 bits per heavy atom. The number of fused-ring (bicyclic) bond motifs is 2. The van der Waals surface area contributed by atoms with E-state index in [9.17, 15) is 0 Å². The SMILES string of the molecule is CC(C)(C)[Si](C)(C)OC1=Cc2ccccc2C1CC1C(O[Si](C)(C)C(C)(C)C)=Cc2ccccc21. The van der Waals surface area contributed by atoms with Gasteiger partial charge in [0, 0.05) is 11.8 Å². The molecule has 2 aliphatic carbocycles. The fourth-order valence-electron chi connectivity index (χ4n) is 4.55. The van der Waals surface area contributed by atoms with Crippen molar-refractivity contribution in [3.8, 4) is 0 Å². The molecule has 0 bridgehead atoms. The lowest BCUT2D eigenvalue weighted by atomic mass is 9.86. The summed E-state index contributed by atoms with van der Waals surface area (Å²) in [5.74, 6) is 2.77. The van der Waals surface area contributed by atoms with Crippen molar-refractivity contribution in [2.75, 3.05) is 0 Å². The van der Waals surface area contributed by atoms with Crippen molar-refractivity contribution in [2.24, 2.45) is 0 Å². The van der Waals surface area contributed by atoms with Crippen LogP contribution in [-0.4, -0.2) is 16.6 Å². The van der Waals surface area contributed by atoms with Gasteiger partial charge in [-0.2, -0.15) is 0 Å². The molecule has 0 amide bonds. The fourth-order valence-corrected chi connectivity index (χ4v) is 6.75. The average molecular weight is 505 g/mol. The van der Waals surface area contributed by atoms with Crippen LogP contribution in [0.15, 0.2) is 60.0 Å². The molecule has 4 heteroatoms. The van der Waals surface area contributed by atoms with Gasteiger partial charge in [0.05, 0.1) is 11.5 Å². The van der Waals surface area contributed by atoms with E-state index >= 15 is 0 Å². The summed E-state index contributed by atoms with van der Waals surface area (Å²) in [7, 11) is -3.93. The molecule has 4 rings (SSSR count). The molecule has 0 fully saturated rings. The maximum atomic E-state index is 7.00. The van der Waals surface area contributed by atoms with Crippen LogP contribution >= 0.6 is 0 Å². The van der Waals surface area contributed by atoms with Crippen LogP contribution in [0.4, 0.5) is 0 Å². The Kier molecular flexibility index (Phi) is 6.55. The molecule has 2 atom stereocenters. The third-order valence-corrected chi connectivity index (χ3v) is 17.6. The highest BCUT2D eigenvalue weighted by Gasteiger charge is 2.44. The first-order valence-electron chi connectivity index (χ1n) is 13.1. The van der Waals surface area contributed by atoms with Crippen molar-refractivity contribution >= 4 is 28.8 Å². The van der Waals surface area contributed by atoms with Crippen molar-refractivity contribution in [3.63, 3.8) is 0 Å². The monoisotopic (exact) mass is 504 g/mol. The molecule has 0 N–H and O–H groups in total. The Labute approximate surface area is 215 Å². The Hall–Kier alpha value is -2.05. The zero-order valence-corrected chi connectivity index (χ0v) is 25.5. The first kappa shape index (κ1) is 26.0. The zero-order chi connectivity index (χ0) is 25.8. The first-order chi connectivity index (χ1) is 16.1. The second kappa shape index (κ2) is 8.81. The van der Waals surface area contributed by atoms with Gasteiger partial charge in [0.1, 0.15) is 0 Å². The summed E-state index contributed by atoms with van der Waals surface area (Å²) in [5.41, 5.74) is 5.37. The molecule has 2 unspecified atom stereocenters. The van der Waals surface area contributed by atoms with E-state index in [1.165, 1.54) is 22.3 Å². The summed E-state index contributed by atoms with van der Waals surface area (Å²) >= 11 is 0. The third kappa shape index (κ3) is 4.97. The van der Waals surface area contributed by atoms with Crippen molar-refractivity contribution < 1.29 is 8.85 Å². The maximum absolute atomic E-state index is 7.00. The summed E-state index contributed by atoms with van der Waals surface area (Å²) in [6.07, 6.45) is 5.58. The lowest BCUT2D eigenvalue weighted by Crippen LogP contribution is -2.41. The summed E-state index contributed by atoms with van der Waals surface area (Å²) in [6.45, 7) is 23.3. The average Bonchev–Trinajstić information content (AvgIpc) is 3.24. The maximum Gasteiger partial charge on any atom is 0.250 e. The largest absolute Gasteiger partial charge is 0.546 e. The summed E-state index contributed by atoms with van der Waals surface area (Å²) in [4.78, 5) is 0. The zero-order valence-electron chi connectivity index (χ0n) is 23.5. The predicted octanol–water partition coefficient (Wildman–Crippen LogP) is 9.70. The van der Waals surface area contributed by atoms with E-state index in [0.29, 0.717) is 0 Å². The quantitative estimate of drug-likeness (QED) is 0.364. The molecule has 2 aromatic carbocycles. The van der Waals surface area contributed by atoms with Crippen molar-refractivity contribution in [2.45, 2.75) is 96.1 Å². The molecule has 0 radical (unpaired) electrons. The highest BCUT2D eigenvalue weighted by molar-refractivity contribution is 6.74. The summed E-state index contributed by atoms with van der Waals surface area (Å²) in [6, 6.07) is 17.7. The Balaban J connectivity index is 1.71. The first-order valence-corrected chi connectivity index (χ1v) is 18.9. The van der Waals surface area contributed by atoms with Gasteiger partial charge in [-0.05, 0) is 77.1 Å². The van der Waals surface area contributed by atoms with Crippen LogP contribution in [0.5, 0.6) is 0 Å². The Bertz CT molecular complexity index is 1070. The minimum atomic E-state index is -1.97. The fraction of sp³-hybridized carbons (Fsp3) is 0.484. The van der Waals surface area contributed by atoms with Crippen LogP contribution in [-0.2, 0) is 8.85 Å². The molecule has 0 heterocycles. The standard InChI is InChI=1S/C31H44O2Si2/c1-30(2,3)34(7,8)32-28-19-22-15-11-13-17-24(22)26(28)21-27-25-18-14-12-16-23(25)20-29(27)33-35(9,10)31(4,5)6/h11-20,26-27H,21H2,1-10H3. The van der Waals surface area contributed by atoms with E-state index in [1.807, 2.05) is 0 Å². The van der Waals surface area contributed by atoms with Gasteiger partial charge in [-0.1, -0.05) is 90.1 Å². The molecular weight excluding hydrogens is 461 g/mol. The van der Waals surface area contributed by atoms with Gasteiger partial charge in [0.2, 0.25) is 16.6 Å². The van der Waals surface area contributed by atoms with E-state index in [1.54, 1.807) is 0 Å². The van der Waals surface area contributed by atoms with Gasteiger partial charge in [-0.25, -0.2) is 0 Å². The molecule has 2 aromatic rings. The molecule has 0 aromatic heterocycles. The number of allylic oxidation sites excluding steroid dienone is 2. The van der Waals surface area contributed by atoms with Gasteiger partial charge in [0.25, 0.3) is 0 Å². The van der Waals surface area contributed by atoms with Gasteiger partial charge >= 0.3 is 0 Å². The molecule has 2 aliphatic rings. The van der Waals surface area contributed by atoms with E-state index in [0.717, 1.165) is 17.9 Å². The van der Waals surface area contributed by atoms with Crippen LogP contribution in [0.2, 0.25) is 36.3 Å². The van der Waals surface area contributed by atoms with E-state index < -0.39 is 16.6 Å². The highest BCUT2D eigenvalue weighted by Crippen LogP contribution is 2.51. The normalized spacial score (nSPS) is 20.2. The molecule has 35 heavy (non-hydrogen) atoms. The van der Waals surface area contributed by atoms with Gasteiger partial charge in [-0.15, -0.1) is 0 Å². The number of benzene rings is 2. The Morgan fingerprint density at radius 1 is 0.600 bits per heavy atom. The van der Waals surface area contributed by atoms with Gasteiger partial charge in [0.15, 0.2) is 0 Å². The molecular formula is C31H44O2Si2. The molecule has 0 saturated carbocycles. The van der Waals surface area contributed by atoms with Crippen LogP contribution in [0.1, 0.15) is 82.1 Å². The van der Waals surface area contributed by atoms with Gasteiger partial charge in [-0.3, -0.25) is 0 Å². The van der Waals surface area contributed by atoms with Crippen LogP contribution in [0.25, 0.3) is 12.2 Å². The lowest BCUT2D eigenvalue weighted by Gasteiger charge is -2.40. The molecule has 188 valence electrons. The summed E-state index contributed by atoms with van der Waals surface area (Å²) in [5, 5.41) is 0.313. The van der Waals surface area contributed by atoms with Crippen molar-refractivity contribution in [1.29, 1.82) is 0 Å². The predicted molar refractivity (Wildman–Crippen MR) is 156 cm³/mol. The second-order valence-electron chi connectivity index (χ2n) is 13.4. The minimum Gasteiger partial charge on any atom is -0.546 e. The van der Waals surface area contributed by atoms with Crippen LogP contribution < -0.4 is 0 Å². The highest BCUT2D eigenvalue weighted by atomic mass is 28.4. The number of hydrogen-bond acceptors (Lipinski definition) is 2. The topological polar surface area (TPSA) is 18.5 Å². The Morgan fingerprint density at radius 3 is 1.29 bits per heavy atom. The number of hydrogen-bond donors (Lipinski definition) is 0. The van der Waals surface area contributed by atoms with E-state index in [2.05, 4.69) is 128 Å². The minimum absolute atomic E-state index is 0.156.